The molecule has 2 aliphatic rings. The first-order valence-corrected chi connectivity index (χ1v) is 10.2. The molecule has 3 rings (SSSR count). The van der Waals surface area contributed by atoms with E-state index in [4.69, 9.17) is 4.74 Å². The van der Waals surface area contributed by atoms with Crippen LogP contribution in [0.1, 0.15) is 25.5 Å². The smallest absolute Gasteiger partial charge is 0.213 e. The highest BCUT2D eigenvalue weighted by Crippen LogP contribution is 2.35. The fraction of sp³-hybridized carbons (Fsp3) is 0.750. The lowest BCUT2D eigenvalue weighted by Crippen LogP contribution is -2.52. The van der Waals surface area contributed by atoms with E-state index in [1.165, 1.54) is 0 Å². The topological polar surface area (TPSA) is 75.6 Å². The van der Waals surface area contributed by atoms with Crippen molar-refractivity contribution >= 4 is 15.8 Å². The van der Waals surface area contributed by atoms with Crippen LogP contribution in [0.25, 0.3) is 0 Å². The normalized spacial score (nSPS) is 26.5. The van der Waals surface area contributed by atoms with Gasteiger partial charge in [-0.2, -0.15) is 5.10 Å². The van der Waals surface area contributed by atoms with Crippen molar-refractivity contribution in [2.75, 3.05) is 50.0 Å². The monoisotopic (exact) mass is 354 g/mol. The lowest BCUT2D eigenvalue weighted by molar-refractivity contribution is 0.0350. The van der Waals surface area contributed by atoms with Gasteiger partial charge in [0.15, 0.2) is 5.82 Å². The molecule has 1 aromatic rings. The summed E-state index contributed by atoms with van der Waals surface area (Å²) in [6.45, 7) is 7.48. The van der Waals surface area contributed by atoms with Gasteiger partial charge in [0.2, 0.25) is 10.0 Å². The third kappa shape index (κ3) is 3.70. The third-order valence-electron chi connectivity index (χ3n) is 4.93. The van der Waals surface area contributed by atoms with Crippen molar-refractivity contribution in [1.82, 2.24) is 14.5 Å². The predicted molar refractivity (Wildman–Crippen MR) is 92.5 cm³/mol. The van der Waals surface area contributed by atoms with Gasteiger partial charge in [-0.1, -0.05) is 0 Å². The number of aryl methyl sites for hydroxylation is 1. The molecule has 3 heterocycles. The number of piperidine rings is 1. The van der Waals surface area contributed by atoms with E-state index in [9.17, 15) is 8.42 Å². The van der Waals surface area contributed by atoms with Crippen molar-refractivity contribution < 1.29 is 13.2 Å². The zero-order valence-electron chi connectivity index (χ0n) is 14.4. The highest BCUT2D eigenvalue weighted by Gasteiger charge is 2.42. The van der Waals surface area contributed by atoms with Gasteiger partial charge in [0, 0.05) is 31.6 Å². The zero-order chi connectivity index (χ0) is 17.2. The minimum absolute atomic E-state index is 0.150. The molecular formula is C16H26N4O3S. The Kier molecular flexibility index (Phi) is 5.08. The van der Waals surface area contributed by atoms with Crippen molar-refractivity contribution in [1.29, 1.82) is 0 Å². The SMILES string of the molecule is CCS(=O)(=O)N1CCCC2(COCCN(c3ccc(C)nn3)C2)C1. The standard InChI is InChI=1S/C16H26N4O3S/c1-3-24(21,22)20-8-4-7-16(12-20)11-19(9-10-23-13-16)15-6-5-14(2)17-18-15/h5-6H,3-4,7-13H2,1-2H3. The second kappa shape index (κ2) is 6.93. The second-order valence-corrected chi connectivity index (χ2v) is 9.10. The average molecular weight is 354 g/mol. The number of rotatable bonds is 3. The molecule has 2 saturated heterocycles. The maximum atomic E-state index is 12.3. The molecular weight excluding hydrogens is 328 g/mol. The summed E-state index contributed by atoms with van der Waals surface area (Å²) in [5.74, 6) is 0.984. The Bertz CT molecular complexity index is 664. The summed E-state index contributed by atoms with van der Waals surface area (Å²) in [6, 6.07) is 3.93. The van der Waals surface area contributed by atoms with Crippen molar-refractivity contribution in [3.8, 4) is 0 Å². The van der Waals surface area contributed by atoms with Crippen LogP contribution in [0.4, 0.5) is 5.82 Å². The summed E-state index contributed by atoms with van der Waals surface area (Å²) < 4.78 is 32.1. The van der Waals surface area contributed by atoms with E-state index in [-0.39, 0.29) is 11.2 Å². The fourth-order valence-electron chi connectivity index (χ4n) is 3.58. The van der Waals surface area contributed by atoms with Crippen molar-refractivity contribution in [3.05, 3.63) is 17.8 Å². The number of hydrogen-bond donors (Lipinski definition) is 0. The maximum Gasteiger partial charge on any atom is 0.213 e. The predicted octanol–water partition coefficient (Wildman–Crippen LogP) is 1.05. The first-order valence-electron chi connectivity index (χ1n) is 8.55. The van der Waals surface area contributed by atoms with Gasteiger partial charge < -0.3 is 9.64 Å². The van der Waals surface area contributed by atoms with Gasteiger partial charge in [0.25, 0.3) is 0 Å². The highest BCUT2D eigenvalue weighted by molar-refractivity contribution is 7.89. The largest absolute Gasteiger partial charge is 0.379 e. The summed E-state index contributed by atoms with van der Waals surface area (Å²) in [4.78, 5) is 2.18. The Labute approximate surface area is 144 Å². The molecule has 1 spiro atoms. The minimum atomic E-state index is -3.16. The first kappa shape index (κ1) is 17.6. The van der Waals surface area contributed by atoms with E-state index in [2.05, 4.69) is 15.1 Å². The molecule has 24 heavy (non-hydrogen) atoms. The van der Waals surface area contributed by atoms with Crippen molar-refractivity contribution in [2.45, 2.75) is 26.7 Å². The van der Waals surface area contributed by atoms with Crippen molar-refractivity contribution in [3.63, 3.8) is 0 Å². The number of hydrogen-bond acceptors (Lipinski definition) is 6. The number of nitrogens with zero attached hydrogens (tertiary/aromatic N) is 4. The molecule has 1 unspecified atom stereocenters. The molecule has 2 fully saturated rings. The van der Waals surface area contributed by atoms with E-state index in [0.29, 0.717) is 26.3 Å². The first-order chi connectivity index (χ1) is 11.4. The van der Waals surface area contributed by atoms with E-state index in [0.717, 1.165) is 37.4 Å². The molecule has 0 aliphatic carbocycles. The van der Waals surface area contributed by atoms with Crippen LogP contribution in [-0.4, -0.2) is 68.1 Å². The van der Waals surface area contributed by atoms with Crippen LogP contribution in [0.3, 0.4) is 0 Å². The Morgan fingerprint density at radius 2 is 2.08 bits per heavy atom. The number of aromatic nitrogens is 2. The van der Waals surface area contributed by atoms with Gasteiger partial charge in [-0.25, -0.2) is 12.7 Å². The molecule has 8 heteroatoms. The van der Waals surface area contributed by atoms with E-state index < -0.39 is 10.0 Å². The Hall–Kier alpha value is -1.25. The van der Waals surface area contributed by atoms with Crippen LogP contribution >= 0.6 is 0 Å². The van der Waals surface area contributed by atoms with Gasteiger partial charge in [0.1, 0.15) is 0 Å². The highest BCUT2D eigenvalue weighted by atomic mass is 32.2. The molecule has 7 nitrogen and oxygen atoms in total. The Balaban J connectivity index is 1.82. The molecule has 1 aromatic heterocycles. The molecule has 2 aliphatic heterocycles. The van der Waals surface area contributed by atoms with Crippen LogP contribution < -0.4 is 4.90 Å². The molecule has 0 N–H and O–H groups in total. The molecule has 134 valence electrons. The van der Waals surface area contributed by atoms with Gasteiger partial charge in [-0.15, -0.1) is 5.10 Å². The molecule has 0 amide bonds. The summed E-state index contributed by atoms with van der Waals surface area (Å²) in [5, 5.41) is 8.44. The molecule has 0 bridgehead atoms. The van der Waals surface area contributed by atoms with Gasteiger partial charge >= 0.3 is 0 Å². The van der Waals surface area contributed by atoms with Crippen LogP contribution in [0, 0.1) is 12.3 Å². The summed E-state index contributed by atoms with van der Waals surface area (Å²) in [7, 11) is -3.16. The van der Waals surface area contributed by atoms with Crippen LogP contribution in [0.5, 0.6) is 0 Å². The Morgan fingerprint density at radius 1 is 1.25 bits per heavy atom. The van der Waals surface area contributed by atoms with Gasteiger partial charge in [0.05, 0.1) is 24.7 Å². The lowest BCUT2D eigenvalue weighted by Gasteiger charge is -2.43. The lowest BCUT2D eigenvalue weighted by atomic mass is 9.81. The summed E-state index contributed by atoms with van der Waals surface area (Å²) >= 11 is 0. The average Bonchev–Trinajstić information content (AvgIpc) is 2.78. The van der Waals surface area contributed by atoms with Crippen molar-refractivity contribution in [2.24, 2.45) is 5.41 Å². The van der Waals surface area contributed by atoms with Gasteiger partial charge in [-0.3, -0.25) is 0 Å². The molecule has 0 radical (unpaired) electrons. The molecule has 0 aromatic carbocycles. The van der Waals surface area contributed by atoms with Crippen LogP contribution in [-0.2, 0) is 14.8 Å². The summed E-state index contributed by atoms with van der Waals surface area (Å²) in [5.41, 5.74) is 0.709. The molecule has 1 atom stereocenters. The maximum absolute atomic E-state index is 12.3. The fourth-order valence-corrected chi connectivity index (χ4v) is 4.82. The quantitative estimate of drug-likeness (QED) is 0.808. The van der Waals surface area contributed by atoms with Crippen LogP contribution in [0.2, 0.25) is 0 Å². The van der Waals surface area contributed by atoms with Gasteiger partial charge in [-0.05, 0) is 38.8 Å². The van der Waals surface area contributed by atoms with E-state index in [1.54, 1.807) is 11.2 Å². The third-order valence-corrected chi connectivity index (χ3v) is 6.76. The minimum Gasteiger partial charge on any atom is -0.379 e. The molecule has 0 saturated carbocycles. The van der Waals surface area contributed by atoms with E-state index >= 15 is 0 Å². The Morgan fingerprint density at radius 3 is 2.79 bits per heavy atom. The second-order valence-electron chi connectivity index (χ2n) is 6.84. The number of sulfonamides is 1. The number of anilines is 1. The summed E-state index contributed by atoms with van der Waals surface area (Å²) in [6.07, 6.45) is 1.84. The van der Waals surface area contributed by atoms with Crippen LogP contribution in [0.15, 0.2) is 12.1 Å². The number of ether oxygens (including phenoxy) is 1. The van der Waals surface area contributed by atoms with E-state index in [1.807, 2.05) is 19.1 Å². The zero-order valence-corrected chi connectivity index (χ0v) is 15.3.